The molecule has 0 aliphatic carbocycles. The summed E-state index contributed by atoms with van der Waals surface area (Å²) >= 11 is 1.31. The third kappa shape index (κ3) is 4.98. The number of carbonyl (C=O) groups excluding carboxylic acids is 1. The van der Waals surface area contributed by atoms with Crippen LogP contribution in [0.15, 0.2) is 60.7 Å². The second-order valence-electron chi connectivity index (χ2n) is 5.40. The van der Waals surface area contributed by atoms with Crippen LogP contribution in [0.1, 0.15) is 15.2 Å². The van der Waals surface area contributed by atoms with Gasteiger partial charge >= 0.3 is 7.82 Å². The smallest absolute Gasteiger partial charge is 0.325 e. The predicted molar refractivity (Wildman–Crippen MR) is 96.4 cm³/mol. The zero-order valence-corrected chi connectivity index (χ0v) is 14.7. The minimum atomic E-state index is -4.75. The first-order valence-electron chi connectivity index (χ1n) is 7.48. The van der Waals surface area contributed by atoms with Crippen molar-refractivity contribution in [3.8, 4) is 0 Å². The Balaban J connectivity index is 1.78. The molecule has 6 nitrogen and oxygen atoms in total. The summed E-state index contributed by atoms with van der Waals surface area (Å²) in [7, 11) is -4.75. The van der Waals surface area contributed by atoms with Crippen molar-refractivity contribution in [3.05, 3.63) is 71.1 Å². The molecule has 0 saturated heterocycles. The maximum Gasteiger partial charge on any atom is 0.471 e. The van der Waals surface area contributed by atoms with Gasteiger partial charge in [-0.05, 0) is 23.1 Å². The summed E-state index contributed by atoms with van der Waals surface area (Å²) in [4.78, 5) is 31.1. The van der Waals surface area contributed by atoms with Crippen LogP contribution < -0.4 is 5.32 Å². The summed E-state index contributed by atoms with van der Waals surface area (Å²) in [5.74, 6) is -0.435. The van der Waals surface area contributed by atoms with E-state index >= 15 is 0 Å². The Morgan fingerprint density at radius 3 is 2.48 bits per heavy atom. The molecule has 0 aliphatic heterocycles. The van der Waals surface area contributed by atoms with Crippen molar-refractivity contribution in [1.29, 1.82) is 0 Å². The van der Waals surface area contributed by atoms with Crippen LogP contribution in [0.2, 0.25) is 0 Å². The van der Waals surface area contributed by atoms with Gasteiger partial charge in [-0.15, -0.1) is 11.3 Å². The van der Waals surface area contributed by atoms with E-state index in [1.54, 1.807) is 30.3 Å². The van der Waals surface area contributed by atoms with Gasteiger partial charge in [-0.1, -0.05) is 48.5 Å². The van der Waals surface area contributed by atoms with E-state index in [1.807, 2.05) is 30.3 Å². The third-order valence-electron chi connectivity index (χ3n) is 3.47. The normalized spacial score (nSPS) is 12.9. The molecule has 1 atom stereocenters. The number of phosphoric acid groups is 1. The number of hydrogen-bond acceptors (Lipinski definition) is 4. The monoisotopic (exact) mass is 377 g/mol. The van der Waals surface area contributed by atoms with Gasteiger partial charge in [-0.3, -0.25) is 9.32 Å². The Morgan fingerprint density at radius 1 is 1.12 bits per heavy atom. The van der Waals surface area contributed by atoms with Gasteiger partial charge in [0.15, 0.2) is 0 Å². The highest BCUT2D eigenvalue weighted by Gasteiger charge is 2.25. The number of nitrogens with one attached hydrogen (secondary N) is 1. The molecular weight excluding hydrogens is 361 g/mol. The van der Waals surface area contributed by atoms with Crippen molar-refractivity contribution in [2.75, 3.05) is 0 Å². The molecule has 3 N–H and O–H groups in total. The number of phosphoric ester groups is 1. The lowest BCUT2D eigenvalue weighted by Crippen LogP contribution is -2.37. The van der Waals surface area contributed by atoms with Crippen molar-refractivity contribution in [1.82, 2.24) is 5.32 Å². The zero-order valence-electron chi connectivity index (χ0n) is 13.0. The largest absolute Gasteiger partial charge is 0.471 e. The van der Waals surface area contributed by atoms with Crippen LogP contribution in [0.3, 0.4) is 0 Å². The lowest BCUT2D eigenvalue weighted by Gasteiger charge is -2.19. The van der Waals surface area contributed by atoms with Crippen LogP contribution in [0.4, 0.5) is 0 Å². The van der Waals surface area contributed by atoms with E-state index in [0.29, 0.717) is 4.88 Å². The molecule has 130 valence electrons. The molecule has 1 amide bonds. The van der Waals surface area contributed by atoms with E-state index in [0.717, 1.165) is 15.6 Å². The van der Waals surface area contributed by atoms with E-state index in [4.69, 9.17) is 14.3 Å². The fourth-order valence-corrected chi connectivity index (χ4v) is 3.84. The lowest BCUT2D eigenvalue weighted by molar-refractivity contribution is 0.0754. The Kier molecular flexibility index (Phi) is 5.32. The van der Waals surface area contributed by atoms with Crippen molar-refractivity contribution < 1.29 is 23.7 Å². The maximum atomic E-state index is 12.5. The van der Waals surface area contributed by atoms with Gasteiger partial charge in [-0.25, -0.2) is 4.57 Å². The van der Waals surface area contributed by atoms with Crippen LogP contribution in [0.5, 0.6) is 0 Å². The summed E-state index contributed by atoms with van der Waals surface area (Å²) < 4.78 is 16.9. The van der Waals surface area contributed by atoms with Crippen molar-refractivity contribution in [3.63, 3.8) is 0 Å². The van der Waals surface area contributed by atoms with Crippen molar-refractivity contribution in [2.24, 2.45) is 0 Å². The highest BCUT2D eigenvalue weighted by molar-refractivity contribution is 7.46. The number of thiophene rings is 1. The average molecular weight is 377 g/mol. The SMILES string of the molecule is O=C(N[C@H](Cc1ccccc1)OP(=O)(O)O)c1cc2ccccc2s1. The molecule has 0 radical (unpaired) electrons. The minimum Gasteiger partial charge on any atom is -0.325 e. The summed E-state index contributed by atoms with van der Waals surface area (Å²) in [5, 5.41) is 3.49. The number of benzene rings is 2. The van der Waals surface area contributed by atoms with Gasteiger partial charge < -0.3 is 15.1 Å². The molecular formula is C17H16NO5PS. The van der Waals surface area contributed by atoms with Gasteiger partial charge in [-0.2, -0.15) is 0 Å². The van der Waals surface area contributed by atoms with E-state index in [2.05, 4.69) is 5.32 Å². The van der Waals surface area contributed by atoms with E-state index in [9.17, 15) is 9.36 Å². The number of amides is 1. The molecule has 0 aliphatic rings. The summed E-state index contributed by atoms with van der Waals surface area (Å²) in [5.41, 5.74) is 0.789. The molecule has 0 spiro atoms. The lowest BCUT2D eigenvalue weighted by atomic mass is 10.1. The standard InChI is InChI=1S/C17H16NO5PS/c19-17(15-11-13-8-4-5-9-14(13)25-15)18-16(23-24(20,21)22)10-12-6-2-1-3-7-12/h1-9,11,16H,10H2,(H,18,19)(H2,20,21,22)/t16-/m0/s1. The Labute approximate surface area is 148 Å². The molecule has 0 fully saturated rings. The number of rotatable bonds is 6. The summed E-state index contributed by atoms with van der Waals surface area (Å²) in [6.07, 6.45) is -0.997. The van der Waals surface area contributed by atoms with Crippen LogP contribution in [-0.2, 0) is 15.5 Å². The van der Waals surface area contributed by atoms with Crippen LogP contribution in [0, 0.1) is 0 Å². The second-order valence-corrected chi connectivity index (χ2v) is 7.67. The molecule has 0 bridgehead atoms. The number of hydrogen-bond donors (Lipinski definition) is 3. The topological polar surface area (TPSA) is 95.9 Å². The van der Waals surface area contributed by atoms with Gasteiger partial charge in [0.05, 0.1) is 4.88 Å². The summed E-state index contributed by atoms with van der Waals surface area (Å²) in [6, 6.07) is 18.3. The molecule has 1 heterocycles. The fraction of sp³-hybridized carbons (Fsp3) is 0.118. The molecule has 0 unspecified atom stereocenters. The molecule has 1 aromatic heterocycles. The first kappa shape index (κ1) is 17.8. The molecule has 3 rings (SSSR count). The van der Waals surface area contributed by atoms with E-state index in [1.165, 1.54) is 11.3 Å². The quantitative estimate of drug-likeness (QED) is 0.452. The van der Waals surface area contributed by atoms with Crippen LogP contribution >= 0.6 is 19.2 Å². The first-order valence-corrected chi connectivity index (χ1v) is 9.83. The van der Waals surface area contributed by atoms with E-state index < -0.39 is 20.0 Å². The maximum absolute atomic E-state index is 12.5. The molecule has 8 heteroatoms. The fourth-order valence-electron chi connectivity index (χ4n) is 2.42. The van der Waals surface area contributed by atoms with E-state index in [-0.39, 0.29) is 6.42 Å². The van der Waals surface area contributed by atoms with Crippen LogP contribution in [-0.4, -0.2) is 21.9 Å². The number of carbonyl (C=O) groups is 1. The Hall–Kier alpha value is -2.02. The van der Waals surface area contributed by atoms with Gasteiger partial charge in [0, 0.05) is 11.1 Å². The van der Waals surface area contributed by atoms with Crippen molar-refractivity contribution in [2.45, 2.75) is 12.6 Å². The first-order chi connectivity index (χ1) is 11.9. The van der Waals surface area contributed by atoms with Crippen LogP contribution in [0.25, 0.3) is 10.1 Å². The number of fused-ring (bicyclic) bond motifs is 1. The Bertz CT molecular complexity index is 888. The zero-order chi connectivity index (χ0) is 17.9. The second kappa shape index (κ2) is 7.47. The van der Waals surface area contributed by atoms with Gasteiger partial charge in [0.2, 0.25) is 0 Å². The average Bonchev–Trinajstić information content (AvgIpc) is 2.98. The summed E-state index contributed by atoms with van der Waals surface area (Å²) in [6.45, 7) is 0. The predicted octanol–water partition coefficient (Wildman–Crippen LogP) is 3.31. The minimum absolute atomic E-state index is 0.141. The van der Waals surface area contributed by atoms with Gasteiger partial charge in [0.25, 0.3) is 5.91 Å². The van der Waals surface area contributed by atoms with Gasteiger partial charge in [0.1, 0.15) is 6.23 Å². The molecule has 3 aromatic rings. The molecule has 25 heavy (non-hydrogen) atoms. The van der Waals surface area contributed by atoms with Crippen molar-refractivity contribution >= 4 is 35.2 Å². The highest BCUT2D eigenvalue weighted by Crippen LogP contribution is 2.37. The molecule has 2 aromatic carbocycles. The Morgan fingerprint density at radius 2 is 1.80 bits per heavy atom. The third-order valence-corrected chi connectivity index (χ3v) is 5.11. The molecule has 0 saturated carbocycles. The highest BCUT2D eigenvalue weighted by atomic mass is 32.1.